The summed E-state index contributed by atoms with van der Waals surface area (Å²) in [7, 11) is 6.85. The Labute approximate surface area is 192 Å². The minimum Gasteiger partial charge on any atom is -0.493 e. The van der Waals surface area contributed by atoms with Crippen molar-refractivity contribution in [1.82, 2.24) is 20.0 Å². The molecule has 2 aliphatic heterocycles. The predicted molar refractivity (Wildman–Crippen MR) is 127 cm³/mol. The highest BCUT2D eigenvalue weighted by Crippen LogP contribution is 2.38. The molecule has 1 unspecified atom stereocenters. The highest BCUT2D eigenvalue weighted by Gasteiger charge is 2.34. The van der Waals surface area contributed by atoms with Crippen LogP contribution < -0.4 is 19.5 Å². The quantitative estimate of drug-likeness (QED) is 0.484. The Hall–Kier alpha value is -2.19. The number of aliphatic imine (C=N–C) groups is 1. The van der Waals surface area contributed by atoms with E-state index in [2.05, 4.69) is 25.0 Å². The normalized spacial score (nSPS) is 22.8. The molecule has 0 bridgehead atoms. The molecule has 3 fully saturated rings. The molecule has 1 N–H and O–H groups in total. The Morgan fingerprint density at radius 3 is 2.22 bits per heavy atom. The van der Waals surface area contributed by atoms with Gasteiger partial charge in [-0.1, -0.05) is 0 Å². The van der Waals surface area contributed by atoms with E-state index in [1.807, 2.05) is 19.2 Å². The third-order valence-corrected chi connectivity index (χ3v) is 6.94. The molecule has 0 aromatic heterocycles. The zero-order chi connectivity index (χ0) is 22.5. The highest BCUT2D eigenvalue weighted by molar-refractivity contribution is 5.80. The number of nitrogens with one attached hydrogen (secondary N) is 1. The highest BCUT2D eigenvalue weighted by atomic mass is 16.5. The third-order valence-electron chi connectivity index (χ3n) is 6.94. The molecule has 2 saturated heterocycles. The molecular formula is C24H39N5O3. The fourth-order valence-corrected chi connectivity index (χ4v) is 4.97. The van der Waals surface area contributed by atoms with E-state index in [1.54, 1.807) is 21.3 Å². The van der Waals surface area contributed by atoms with Crippen LogP contribution in [0, 0.1) is 5.92 Å². The summed E-state index contributed by atoms with van der Waals surface area (Å²) in [4.78, 5) is 12.1. The minimum atomic E-state index is 0.640. The maximum Gasteiger partial charge on any atom is 0.203 e. The largest absolute Gasteiger partial charge is 0.493 e. The summed E-state index contributed by atoms with van der Waals surface area (Å²) in [5, 5.41) is 3.65. The summed E-state index contributed by atoms with van der Waals surface area (Å²) >= 11 is 0. The molecule has 0 spiro atoms. The van der Waals surface area contributed by atoms with Gasteiger partial charge in [0.1, 0.15) is 0 Å². The number of likely N-dealkylation sites (tertiary alicyclic amines) is 1. The predicted octanol–water partition coefficient (Wildman–Crippen LogP) is 1.89. The second kappa shape index (κ2) is 10.6. The number of guanidine groups is 1. The SMILES string of the molecule is CN=C(NCC1CCN(C2CC2)C1)N1CCN(Cc2cc(OC)c(OC)c(OC)c2)CC1. The van der Waals surface area contributed by atoms with Gasteiger partial charge in [0.2, 0.25) is 5.75 Å². The van der Waals surface area contributed by atoms with E-state index < -0.39 is 0 Å². The number of nitrogens with zero attached hydrogens (tertiary/aromatic N) is 4. The van der Waals surface area contributed by atoms with Crippen molar-refractivity contribution in [3.63, 3.8) is 0 Å². The van der Waals surface area contributed by atoms with Crippen molar-refractivity contribution >= 4 is 5.96 Å². The van der Waals surface area contributed by atoms with Crippen LogP contribution in [0.15, 0.2) is 17.1 Å². The molecule has 0 radical (unpaired) electrons. The van der Waals surface area contributed by atoms with Crippen LogP contribution in [0.3, 0.4) is 0 Å². The second-order valence-corrected chi connectivity index (χ2v) is 9.11. The van der Waals surface area contributed by atoms with Gasteiger partial charge in [-0.15, -0.1) is 0 Å². The molecule has 1 atom stereocenters. The Kier molecular flexibility index (Phi) is 7.63. The molecule has 1 saturated carbocycles. The number of hydrogen-bond acceptors (Lipinski definition) is 6. The Bertz CT molecular complexity index is 765. The molecule has 32 heavy (non-hydrogen) atoms. The lowest BCUT2D eigenvalue weighted by Crippen LogP contribution is -2.52. The van der Waals surface area contributed by atoms with Crippen LogP contribution in [0.2, 0.25) is 0 Å². The van der Waals surface area contributed by atoms with Crippen LogP contribution in [0.25, 0.3) is 0 Å². The Morgan fingerprint density at radius 2 is 1.66 bits per heavy atom. The third kappa shape index (κ3) is 5.41. The summed E-state index contributed by atoms with van der Waals surface area (Å²) in [6.45, 7) is 8.35. The maximum atomic E-state index is 5.50. The molecule has 1 aliphatic carbocycles. The van der Waals surface area contributed by atoms with Crippen LogP contribution >= 0.6 is 0 Å². The fourth-order valence-electron chi connectivity index (χ4n) is 4.97. The van der Waals surface area contributed by atoms with Crippen LogP contribution in [0.1, 0.15) is 24.8 Å². The Balaban J connectivity index is 1.26. The Morgan fingerprint density at radius 1 is 0.969 bits per heavy atom. The first-order valence-corrected chi connectivity index (χ1v) is 11.9. The zero-order valence-electron chi connectivity index (χ0n) is 20.1. The van der Waals surface area contributed by atoms with Crippen molar-refractivity contribution in [2.24, 2.45) is 10.9 Å². The zero-order valence-corrected chi connectivity index (χ0v) is 20.1. The van der Waals surface area contributed by atoms with Crippen molar-refractivity contribution < 1.29 is 14.2 Å². The van der Waals surface area contributed by atoms with Crippen molar-refractivity contribution in [3.05, 3.63) is 17.7 Å². The van der Waals surface area contributed by atoms with Gasteiger partial charge in [0.25, 0.3) is 0 Å². The van der Waals surface area contributed by atoms with Crippen LogP contribution in [-0.4, -0.2) is 101 Å². The smallest absolute Gasteiger partial charge is 0.203 e. The van der Waals surface area contributed by atoms with Gasteiger partial charge in [0.15, 0.2) is 17.5 Å². The second-order valence-electron chi connectivity index (χ2n) is 9.11. The molecule has 0 amide bonds. The summed E-state index contributed by atoms with van der Waals surface area (Å²) in [5.41, 5.74) is 1.16. The molecule has 8 nitrogen and oxygen atoms in total. The number of piperazine rings is 1. The molecule has 1 aromatic rings. The van der Waals surface area contributed by atoms with Gasteiger partial charge in [-0.3, -0.25) is 9.89 Å². The lowest BCUT2D eigenvalue weighted by atomic mass is 10.1. The average Bonchev–Trinajstić information content (AvgIpc) is 3.57. The molecule has 1 aromatic carbocycles. The van der Waals surface area contributed by atoms with Gasteiger partial charge in [-0.2, -0.15) is 0 Å². The van der Waals surface area contributed by atoms with E-state index in [0.717, 1.165) is 62.8 Å². The lowest BCUT2D eigenvalue weighted by molar-refractivity contribution is 0.172. The van der Waals surface area contributed by atoms with E-state index in [9.17, 15) is 0 Å². The van der Waals surface area contributed by atoms with Crippen molar-refractivity contribution in [3.8, 4) is 17.2 Å². The van der Waals surface area contributed by atoms with Crippen molar-refractivity contribution in [1.29, 1.82) is 0 Å². The summed E-state index contributed by atoms with van der Waals surface area (Å²) < 4.78 is 16.5. The summed E-state index contributed by atoms with van der Waals surface area (Å²) in [6.07, 6.45) is 4.12. The van der Waals surface area contributed by atoms with E-state index in [-0.39, 0.29) is 0 Å². The number of benzene rings is 1. The molecular weight excluding hydrogens is 406 g/mol. The van der Waals surface area contributed by atoms with Gasteiger partial charge in [0.05, 0.1) is 21.3 Å². The lowest BCUT2D eigenvalue weighted by Gasteiger charge is -2.36. The maximum absolute atomic E-state index is 5.50. The van der Waals surface area contributed by atoms with E-state index >= 15 is 0 Å². The van der Waals surface area contributed by atoms with Crippen LogP contribution in [-0.2, 0) is 6.54 Å². The van der Waals surface area contributed by atoms with Crippen molar-refractivity contribution in [2.45, 2.75) is 31.8 Å². The molecule has 8 heteroatoms. The van der Waals surface area contributed by atoms with E-state index in [1.165, 1.54) is 32.4 Å². The van der Waals surface area contributed by atoms with E-state index in [4.69, 9.17) is 14.2 Å². The minimum absolute atomic E-state index is 0.640. The molecule has 3 aliphatic rings. The topological polar surface area (TPSA) is 61.8 Å². The van der Waals surface area contributed by atoms with Gasteiger partial charge < -0.3 is 29.3 Å². The number of ether oxygens (including phenoxy) is 3. The van der Waals surface area contributed by atoms with Crippen molar-refractivity contribution in [2.75, 3.05) is 74.2 Å². The van der Waals surface area contributed by atoms with Gasteiger partial charge in [0, 0.05) is 58.9 Å². The van der Waals surface area contributed by atoms with Gasteiger partial charge >= 0.3 is 0 Å². The number of methoxy groups -OCH3 is 3. The first-order valence-electron chi connectivity index (χ1n) is 11.9. The van der Waals surface area contributed by atoms with Gasteiger partial charge in [-0.05, 0) is 49.4 Å². The molecule has 2 heterocycles. The average molecular weight is 446 g/mol. The molecule has 4 rings (SSSR count). The van der Waals surface area contributed by atoms with Gasteiger partial charge in [-0.25, -0.2) is 0 Å². The number of rotatable bonds is 8. The monoisotopic (exact) mass is 445 g/mol. The first-order chi connectivity index (χ1) is 15.6. The van der Waals surface area contributed by atoms with Crippen LogP contribution in [0.5, 0.6) is 17.2 Å². The first kappa shape index (κ1) is 23.0. The standard InChI is InChI=1S/C24H39N5O3/c1-25-24(26-15-18-7-8-29(17-18)20-5-6-20)28-11-9-27(10-12-28)16-19-13-21(30-2)23(32-4)22(14-19)31-3/h13-14,18,20H,5-12,15-17H2,1-4H3,(H,25,26). The number of hydrogen-bond donors (Lipinski definition) is 1. The molecule has 178 valence electrons. The van der Waals surface area contributed by atoms with Crippen LogP contribution in [0.4, 0.5) is 0 Å². The fraction of sp³-hybridized carbons (Fsp3) is 0.708. The summed E-state index contributed by atoms with van der Waals surface area (Å²) in [6, 6.07) is 4.97. The summed E-state index contributed by atoms with van der Waals surface area (Å²) in [5.74, 6) is 3.84. The van der Waals surface area contributed by atoms with E-state index in [0.29, 0.717) is 17.2 Å².